The van der Waals surface area contributed by atoms with Crippen molar-refractivity contribution in [2.24, 2.45) is 0 Å². The number of piperidine rings is 1. The van der Waals surface area contributed by atoms with E-state index in [1.807, 2.05) is 74.7 Å². The Bertz CT molecular complexity index is 1790. The van der Waals surface area contributed by atoms with E-state index in [0.717, 1.165) is 35.3 Å². The Balaban J connectivity index is 1.56. The first kappa shape index (κ1) is 31.7. The number of anilines is 1. The third-order valence-corrected chi connectivity index (χ3v) is 8.52. The Kier molecular flexibility index (Phi) is 8.60. The Hall–Kier alpha value is -4.28. The molecule has 242 valence electrons. The van der Waals surface area contributed by atoms with Crippen molar-refractivity contribution in [2.45, 2.75) is 64.8 Å². The molecule has 0 aliphatic carbocycles. The van der Waals surface area contributed by atoms with Gasteiger partial charge in [-0.05, 0) is 77.3 Å². The normalized spacial score (nSPS) is 17.2. The first-order valence-corrected chi connectivity index (χ1v) is 15.7. The molecule has 0 saturated carbocycles. The van der Waals surface area contributed by atoms with Crippen LogP contribution in [0.3, 0.4) is 0 Å². The molecule has 3 aliphatic heterocycles. The predicted octanol–water partition coefficient (Wildman–Crippen LogP) is 6.86. The minimum atomic E-state index is -1.01. The van der Waals surface area contributed by atoms with Gasteiger partial charge in [0, 0.05) is 42.0 Å². The molecule has 2 aromatic carbocycles. The van der Waals surface area contributed by atoms with E-state index in [9.17, 15) is 9.18 Å². The summed E-state index contributed by atoms with van der Waals surface area (Å²) in [6, 6.07) is 14.4. The molecule has 1 saturated heterocycles. The molecule has 4 aromatic rings. The monoisotopic (exact) mass is 628 g/mol. The molecule has 2 aromatic heterocycles. The number of ether oxygens (including phenoxy) is 4. The van der Waals surface area contributed by atoms with Gasteiger partial charge in [-0.2, -0.15) is 9.61 Å². The van der Waals surface area contributed by atoms with Crippen molar-refractivity contribution in [3.05, 3.63) is 77.8 Å². The lowest BCUT2D eigenvalue weighted by Gasteiger charge is -2.41. The fourth-order valence-electron chi connectivity index (χ4n) is 6.11. The second kappa shape index (κ2) is 12.5. The lowest BCUT2D eigenvalue weighted by Crippen LogP contribution is -2.45. The average Bonchev–Trinajstić information content (AvgIpc) is 3.44. The van der Waals surface area contributed by atoms with E-state index in [4.69, 9.17) is 29.0 Å². The van der Waals surface area contributed by atoms with Gasteiger partial charge < -0.3 is 23.8 Å². The molecule has 0 radical (unpaired) electrons. The number of hydrogen-bond donors (Lipinski definition) is 0. The molecule has 10 heteroatoms. The third-order valence-electron chi connectivity index (χ3n) is 8.52. The molecule has 7 rings (SSSR count). The van der Waals surface area contributed by atoms with E-state index < -0.39 is 17.7 Å². The molecule has 6 bridgehead atoms. The highest BCUT2D eigenvalue weighted by atomic mass is 19.1. The van der Waals surface area contributed by atoms with Crippen LogP contribution in [0.2, 0.25) is 0 Å². The minimum Gasteiger partial charge on any atom is -0.489 e. The number of carbonyl (C=O) groups excluding carboxylic acids is 1. The second-order valence-electron chi connectivity index (χ2n) is 13.1. The largest absolute Gasteiger partial charge is 0.489 e. The van der Waals surface area contributed by atoms with Crippen LogP contribution in [0.25, 0.3) is 28.0 Å². The zero-order valence-corrected chi connectivity index (χ0v) is 27.3. The van der Waals surface area contributed by atoms with Crippen molar-refractivity contribution in [1.29, 1.82) is 0 Å². The van der Waals surface area contributed by atoms with E-state index in [0.29, 0.717) is 48.0 Å². The number of aromatic nitrogens is 3. The van der Waals surface area contributed by atoms with Crippen molar-refractivity contribution in [2.75, 3.05) is 38.3 Å². The third kappa shape index (κ3) is 6.50. The van der Waals surface area contributed by atoms with Gasteiger partial charge in [0.15, 0.2) is 11.8 Å². The topological polar surface area (TPSA) is 87.4 Å². The van der Waals surface area contributed by atoms with Gasteiger partial charge in [0.1, 0.15) is 24.0 Å². The quantitative estimate of drug-likeness (QED) is 0.180. The Morgan fingerprint density at radius 3 is 2.52 bits per heavy atom. The van der Waals surface area contributed by atoms with Gasteiger partial charge in [-0.15, -0.1) is 0 Å². The van der Waals surface area contributed by atoms with Crippen molar-refractivity contribution >= 4 is 17.4 Å². The van der Waals surface area contributed by atoms with Crippen LogP contribution in [-0.4, -0.2) is 65.2 Å². The fraction of sp³-hybridized carbons (Fsp3) is 0.417. The summed E-state index contributed by atoms with van der Waals surface area (Å²) in [4.78, 5) is 20.5. The number of nitrogens with zero attached hydrogens (tertiary/aromatic N) is 4. The molecular formula is C36H41FN4O5. The first-order valence-electron chi connectivity index (χ1n) is 15.7. The van der Waals surface area contributed by atoms with Gasteiger partial charge in [-0.1, -0.05) is 24.3 Å². The molecule has 9 nitrogen and oxygen atoms in total. The van der Waals surface area contributed by atoms with Crippen molar-refractivity contribution in [3.63, 3.8) is 0 Å². The number of benzene rings is 2. The first-order chi connectivity index (χ1) is 21.9. The minimum absolute atomic E-state index is 0.282. The lowest BCUT2D eigenvalue weighted by molar-refractivity contribution is -0.164. The van der Waals surface area contributed by atoms with Crippen LogP contribution in [0.15, 0.2) is 60.7 Å². The van der Waals surface area contributed by atoms with E-state index in [1.165, 1.54) is 19.2 Å². The second-order valence-corrected chi connectivity index (χ2v) is 13.1. The molecule has 1 fully saturated rings. The number of rotatable bonds is 3. The van der Waals surface area contributed by atoms with Gasteiger partial charge in [-0.25, -0.2) is 14.2 Å². The maximum atomic E-state index is 14.3. The molecular weight excluding hydrogens is 587 g/mol. The Morgan fingerprint density at radius 1 is 1.04 bits per heavy atom. The van der Waals surface area contributed by atoms with Crippen LogP contribution in [0.1, 0.15) is 57.9 Å². The summed E-state index contributed by atoms with van der Waals surface area (Å²) >= 11 is 0. The van der Waals surface area contributed by atoms with E-state index in [-0.39, 0.29) is 18.0 Å². The maximum absolute atomic E-state index is 14.3. The van der Waals surface area contributed by atoms with Crippen LogP contribution in [0.4, 0.5) is 10.2 Å². The van der Waals surface area contributed by atoms with Crippen molar-refractivity contribution < 1.29 is 28.1 Å². The predicted molar refractivity (Wildman–Crippen MR) is 175 cm³/mol. The number of fused-ring (bicyclic) bond motifs is 6. The molecule has 0 unspecified atom stereocenters. The Labute approximate surface area is 268 Å². The SMILES string of the molecule is COC(=O)[C@@H](OC(C)(C)C)c1c(C)nc2cc3nn2c1N1CCC(C)(CC1)OCC=CCOc1cc(F)ccc1-c1cccc-3c1. The molecule has 3 aliphatic rings. The van der Waals surface area contributed by atoms with Crippen LogP contribution < -0.4 is 9.64 Å². The summed E-state index contributed by atoms with van der Waals surface area (Å²) in [6.45, 7) is 11.8. The van der Waals surface area contributed by atoms with E-state index in [2.05, 4.69) is 11.8 Å². The van der Waals surface area contributed by atoms with Gasteiger partial charge in [-0.3, -0.25) is 0 Å². The summed E-state index contributed by atoms with van der Waals surface area (Å²) in [6.07, 6.45) is 4.33. The Morgan fingerprint density at radius 2 is 1.78 bits per heavy atom. The highest BCUT2D eigenvalue weighted by Gasteiger charge is 2.38. The number of hydrogen-bond acceptors (Lipinski definition) is 8. The molecule has 46 heavy (non-hydrogen) atoms. The average molecular weight is 629 g/mol. The van der Waals surface area contributed by atoms with Crippen molar-refractivity contribution in [3.8, 4) is 28.1 Å². The number of methoxy groups -OCH3 is 1. The number of aryl methyl sites for hydroxylation is 1. The van der Waals surface area contributed by atoms with Gasteiger partial charge in [0.25, 0.3) is 0 Å². The summed E-state index contributed by atoms with van der Waals surface area (Å²) in [5, 5.41) is 5.09. The maximum Gasteiger partial charge on any atom is 0.339 e. The fourth-order valence-corrected chi connectivity index (χ4v) is 6.11. The standard InChI is InChI=1S/C36H41FN4O5/c1-23-31(32(34(42)43-6)46-35(2,3)4)33-40-16-14-36(5,15-17-40)45-19-8-7-18-44-29-21-26(37)12-13-27(29)24-10-9-11-25(20-24)28-22-30(38-23)41(33)39-28/h7-13,20-22,32H,14-19H2,1-6H3/t32-/m0/s1. The van der Waals surface area contributed by atoms with E-state index >= 15 is 0 Å². The summed E-state index contributed by atoms with van der Waals surface area (Å²) in [7, 11) is 1.37. The molecule has 0 amide bonds. The molecule has 0 spiro atoms. The molecule has 1 atom stereocenters. The van der Waals surface area contributed by atoms with Gasteiger partial charge >= 0.3 is 5.97 Å². The van der Waals surface area contributed by atoms with Gasteiger partial charge in [0.2, 0.25) is 0 Å². The zero-order chi connectivity index (χ0) is 32.6. The lowest BCUT2D eigenvalue weighted by atomic mass is 9.92. The van der Waals surface area contributed by atoms with E-state index in [1.54, 1.807) is 6.07 Å². The highest BCUT2D eigenvalue weighted by molar-refractivity contribution is 5.81. The summed E-state index contributed by atoms with van der Waals surface area (Å²) in [5.74, 6) is 0.329. The molecule has 5 heterocycles. The zero-order valence-electron chi connectivity index (χ0n) is 27.3. The smallest absolute Gasteiger partial charge is 0.339 e. The van der Waals surface area contributed by atoms with Crippen LogP contribution in [0, 0.1) is 12.7 Å². The number of halogens is 1. The molecule has 0 N–H and O–H groups in total. The number of carbonyl (C=O) groups is 1. The van der Waals surface area contributed by atoms with Crippen LogP contribution >= 0.6 is 0 Å². The summed E-state index contributed by atoms with van der Waals surface area (Å²) < 4.78 is 40.2. The summed E-state index contributed by atoms with van der Waals surface area (Å²) in [5.41, 5.74) is 4.14. The van der Waals surface area contributed by atoms with Crippen LogP contribution in [-0.2, 0) is 19.0 Å². The highest BCUT2D eigenvalue weighted by Crippen LogP contribution is 2.39. The number of esters is 1. The van der Waals surface area contributed by atoms with Crippen LogP contribution in [0.5, 0.6) is 5.75 Å². The van der Waals surface area contributed by atoms with Gasteiger partial charge in [0.05, 0.1) is 36.2 Å². The van der Waals surface area contributed by atoms with Crippen molar-refractivity contribution in [1.82, 2.24) is 14.6 Å².